The topological polar surface area (TPSA) is 56.5 Å². The fraction of sp³-hybridized carbons (Fsp3) is 0.375. The molecule has 0 saturated carbocycles. The summed E-state index contributed by atoms with van der Waals surface area (Å²) in [5.74, 6) is 1.69. The van der Waals surface area contributed by atoms with Crippen molar-refractivity contribution < 1.29 is 14.6 Å². The summed E-state index contributed by atoms with van der Waals surface area (Å²) in [6.45, 7) is 5.29. The van der Waals surface area contributed by atoms with Gasteiger partial charge in [0.05, 0.1) is 29.5 Å². The van der Waals surface area contributed by atoms with E-state index in [2.05, 4.69) is 18.8 Å². The van der Waals surface area contributed by atoms with Gasteiger partial charge in [0.15, 0.2) is 5.75 Å². The highest BCUT2D eigenvalue weighted by molar-refractivity contribution is 6.37. The zero-order chi connectivity index (χ0) is 23.1. The normalized spacial score (nSPS) is 12.6. The molecule has 0 radical (unpaired) electrons. The summed E-state index contributed by atoms with van der Waals surface area (Å²) < 4.78 is 13.2. The Kier molecular flexibility index (Phi) is 8.72. The summed E-state index contributed by atoms with van der Waals surface area (Å²) in [6, 6.07) is 11.6. The molecule has 32 heavy (non-hydrogen) atoms. The molecule has 0 bridgehead atoms. The average molecular weight is 498 g/mol. The van der Waals surface area contributed by atoms with Crippen molar-refractivity contribution >= 4 is 34.8 Å². The van der Waals surface area contributed by atoms with Crippen LogP contribution in [0.25, 0.3) is 0 Å². The Bertz CT molecular complexity index is 969. The smallest absolute Gasteiger partial charge is 0.156 e. The Morgan fingerprint density at radius 2 is 1.75 bits per heavy atom. The number of imidazole rings is 1. The number of ether oxygens (including phenoxy) is 2. The van der Waals surface area contributed by atoms with E-state index in [1.54, 1.807) is 18.7 Å². The molecule has 1 heterocycles. The molecule has 0 saturated heterocycles. The predicted octanol–water partition coefficient (Wildman–Crippen LogP) is 5.96. The Balaban J connectivity index is 1.66. The van der Waals surface area contributed by atoms with Gasteiger partial charge < -0.3 is 19.1 Å². The van der Waals surface area contributed by atoms with Crippen molar-refractivity contribution in [3.05, 3.63) is 76.3 Å². The fourth-order valence-corrected chi connectivity index (χ4v) is 4.01. The summed E-state index contributed by atoms with van der Waals surface area (Å²) in [5.41, 5.74) is 1.70. The third-order valence-corrected chi connectivity index (χ3v) is 6.07. The first-order valence-electron chi connectivity index (χ1n) is 10.4. The maximum absolute atomic E-state index is 10.1. The van der Waals surface area contributed by atoms with E-state index < -0.39 is 6.10 Å². The molecule has 1 N–H and O–H groups in total. The highest BCUT2D eigenvalue weighted by Gasteiger charge is 2.25. The van der Waals surface area contributed by atoms with Crippen LogP contribution in [0.15, 0.2) is 55.1 Å². The van der Waals surface area contributed by atoms with E-state index in [1.807, 2.05) is 41.0 Å². The van der Waals surface area contributed by atoms with Crippen LogP contribution in [-0.4, -0.2) is 39.9 Å². The van der Waals surface area contributed by atoms with Crippen LogP contribution in [0.2, 0.25) is 10.0 Å². The van der Waals surface area contributed by atoms with Gasteiger partial charge in [0.1, 0.15) is 18.5 Å². The van der Waals surface area contributed by atoms with Gasteiger partial charge in [-0.25, -0.2) is 4.98 Å². The Morgan fingerprint density at radius 3 is 2.34 bits per heavy atom. The molecular weight excluding hydrogens is 471 g/mol. The van der Waals surface area contributed by atoms with Gasteiger partial charge in [0.25, 0.3) is 0 Å². The number of rotatable bonds is 11. The van der Waals surface area contributed by atoms with E-state index in [-0.39, 0.29) is 12.0 Å². The van der Waals surface area contributed by atoms with Crippen molar-refractivity contribution in [2.45, 2.75) is 38.3 Å². The number of halogens is 3. The van der Waals surface area contributed by atoms with Crippen molar-refractivity contribution in [1.29, 1.82) is 0 Å². The quantitative estimate of drug-likeness (QED) is 0.262. The van der Waals surface area contributed by atoms with E-state index in [1.165, 1.54) is 0 Å². The number of nitrogens with zero attached hydrogens (tertiary/aromatic N) is 2. The highest BCUT2D eigenvalue weighted by Crippen LogP contribution is 2.40. The summed E-state index contributed by atoms with van der Waals surface area (Å²) >= 11 is 18.6. The maximum Gasteiger partial charge on any atom is 0.156 e. The molecule has 0 aliphatic carbocycles. The van der Waals surface area contributed by atoms with Gasteiger partial charge in [-0.05, 0) is 41.8 Å². The Morgan fingerprint density at radius 1 is 1.06 bits per heavy atom. The number of alkyl halides is 1. The number of aromatic nitrogens is 2. The second kappa shape index (κ2) is 11.3. The maximum atomic E-state index is 10.1. The lowest BCUT2D eigenvalue weighted by atomic mass is 9.78. The third kappa shape index (κ3) is 6.32. The monoisotopic (exact) mass is 496 g/mol. The zero-order valence-electron chi connectivity index (χ0n) is 18.1. The van der Waals surface area contributed by atoms with Crippen molar-refractivity contribution in [2.75, 3.05) is 19.1 Å². The lowest BCUT2D eigenvalue weighted by Crippen LogP contribution is -2.23. The Hall–Kier alpha value is -1.92. The number of aliphatic hydroxyl groups excluding tert-OH is 1. The number of hydrogen-bond donors (Lipinski definition) is 1. The number of aliphatic hydroxyl groups is 1. The molecule has 3 rings (SSSR count). The van der Waals surface area contributed by atoms with Crippen LogP contribution < -0.4 is 9.47 Å². The van der Waals surface area contributed by atoms with Gasteiger partial charge in [0.2, 0.25) is 0 Å². The van der Waals surface area contributed by atoms with Crippen LogP contribution in [0, 0.1) is 0 Å². The predicted molar refractivity (Wildman–Crippen MR) is 130 cm³/mol. The van der Waals surface area contributed by atoms with Gasteiger partial charge in [0, 0.05) is 23.7 Å². The van der Waals surface area contributed by atoms with Crippen LogP contribution in [0.5, 0.6) is 11.5 Å². The summed E-state index contributed by atoms with van der Waals surface area (Å²) in [5, 5.41) is 11.1. The number of benzene rings is 2. The molecule has 0 aliphatic rings. The molecule has 172 valence electrons. The molecule has 8 heteroatoms. The van der Waals surface area contributed by atoms with Crippen LogP contribution in [0.3, 0.4) is 0 Å². The van der Waals surface area contributed by atoms with E-state index in [0.717, 1.165) is 17.5 Å². The molecule has 0 fully saturated rings. The average Bonchev–Trinajstić information content (AvgIpc) is 3.27. The van der Waals surface area contributed by atoms with Crippen molar-refractivity contribution in [3.8, 4) is 11.5 Å². The summed E-state index contributed by atoms with van der Waals surface area (Å²) in [7, 11) is 0. The second-order valence-corrected chi connectivity index (χ2v) is 9.23. The zero-order valence-corrected chi connectivity index (χ0v) is 20.4. The SMILES string of the molecule is CC(C)(c1ccc(OC[C@H](O)Cn2ccnc2)cc1)c1cc(Cl)c(OCCCCl)c(Cl)c1. The fourth-order valence-electron chi connectivity index (χ4n) is 3.31. The largest absolute Gasteiger partial charge is 0.491 e. The van der Waals surface area contributed by atoms with E-state index in [0.29, 0.717) is 40.6 Å². The first-order valence-corrected chi connectivity index (χ1v) is 11.7. The molecule has 0 aliphatic heterocycles. The van der Waals surface area contributed by atoms with Gasteiger partial charge in [-0.2, -0.15) is 0 Å². The van der Waals surface area contributed by atoms with Gasteiger partial charge >= 0.3 is 0 Å². The van der Waals surface area contributed by atoms with Crippen molar-refractivity contribution in [2.24, 2.45) is 0 Å². The van der Waals surface area contributed by atoms with Gasteiger partial charge in [-0.3, -0.25) is 0 Å². The van der Waals surface area contributed by atoms with E-state index in [9.17, 15) is 5.11 Å². The molecule has 0 amide bonds. The number of hydrogen-bond acceptors (Lipinski definition) is 4. The van der Waals surface area contributed by atoms with Crippen LogP contribution in [0.1, 0.15) is 31.4 Å². The Labute approximate surface area is 203 Å². The molecular formula is C24H27Cl3N2O3. The minimum absolute atomic E-state index is 0.192. The molecule has 5 nitrogen and oxygen atoms in total. The molecule has 2 aromatic carbocycles. The van der Waals surface area contributed by atoms with Crippen LogP contribution >= 0.6 is 34.8 Å². The van der Waals surface area contributed by atoms with Crippen LogP contribution in [-0.2, 0) is 12.0 Å². The molecule has 1 atom stereocenters. The molecule has 0 spiro atoms. The molecule has 0 unspecified atom stereocenters. The lowest BCUT2D eigenvalue weighted by molar-refractivity contribution is 0.0924. The lowest BCUT2D eigenvalue weighted by Gasteiger charge is -2.27. The minimum atomic E-state index is -0.630. The summed E-state index contributed by atoms with van der Waals surface area (Å²) in [4.78, 5) is 3.97. The summed E-state index contributed by atoms with van der Waals surface area (Å²) in [6.07, 6.45) is 5.23. The van der Waals surface area contributed by atoms with E-state index in [4.69, 9.17) is 44.3 Å². The second-order valence-electron chi connectivity index (χ2n) is 8.03. The first-order chi connectivity index (χ1) is 15.3. The molecule has 3 aromatic rings. The van der Waals surface area contributed by atoms with E-state index >= 15 is 0 Å². The van der Waals surface area contributed by atoms with Crippen LogP contribution in [0.4, 0.5) is 0 Å². The molecule has 1 aromatic heterocycles. The first kappa shape index (κ1) is 24.7. The highest BCUT2D eigenvalue weighted by atomic mass is 35.5. The minimum Gasteiger partial charge on any atom is -0.491 e. The van der Waals surface area contributed by atoms with Crippen molar-refractivity contribution in [3.63, 3.8) is 0 Å². The standard InChI is InChI=1S/C24H27Cl3N2O3/c1-24(2,18-12-21(26)23(22(27)13-18)31-11-3-8-25)17-4-6-20(7-5-17)32-15-19(30)14-29-10-9-28-16-29/h4-7,9-10,12-13,16,19,30H,3,8,11,14-15H2,1-2H3/t19-/m1/s1. The third-order valence-electron chi connectivity index (χ3n) is 5.24. The van der Waals surface area contributed by atoms with Gasteiger partial charge in [-0.1, -0.05) is 49.2 Å². The van der Waals surface area contributed by atoms with Gasteiger partial charge in [-0.15, -0.1) is 11.6 Å². The van der Waals surface area contributed by atoms with Crippen molar-refractivity contribution in [1.82, 2.24) is 9.55 Å².